The van der Waals surface area contributed by atoms with Gasteiger partial charge < -0.3 is 9.84 Å². The van der Waals surface area contributed by atoms with Crippen LogP contribution in [0.25, 0.3) is 0 Å². The van der Waals surface area contributed by atoms with Gasteiger partial charge in [-0.1, -0.05) is 31.9 Å². The predicted molar refractivity (Wildman–Crippen MR) is 58.0 cm³/mol. The molecule has 1 aromatic heterocycles. The van der Waals surface area contributed by atoms with Crippen molar-refractivity contribution in [3.63, 3.8) is 0 Å². The van der Waals surface area contributed by atoms with Crippen LogP contribution in [-0.4, -0.2) is 22.7 Å². The molecule has 0 spiro atoms. The average Bonchev–Trinajstić information content (AvgIpc) is 2.15. The molecule has 0 aromatic carbocycles. The molecule has 1 aromatic rings. The number of aliphatic carboxylic acids is 1. The molecule has 0 aliphatic heterocycles. The maximum absolute atomic E-state index is 10.2. The minimum absolute atomic E-state index is 0.0663. The highest BCUT2D eigenvalue weighted by atomic mass is 79.9. The Morgan fingerprint density at radius 1 is 1.64 bits per heavy atom. The summed E-state index contributed by atoms with van der Waals surface area (Å²) in [5.74, 6) is -0.515. The number of carbonyl (C=O) groups is 1. The summed E-state index contributed by atoms with van der Waals surface area (Å²) < 4.78 is 4.91. The Balaban J connectivity index is 2.68. The van der Waals surface area contributed by atoms with Crippen molar-refractivity contribution in [3.05, 3.63) is 24.0 Å². The van der Waals surface area contributed by atoms with Crippen LogP contribution in [0.3, 0.4) is 0 Å². The Labute approximate surface area is 97.6 Å². The fraction of sp³-hybridized carbons (Fsp3) is 0.250. The SMILES string of the molecule is O=C(O)COc1ccnc(C(Br)Br)c1. The minimum Gasteiger partial charge on any atom is -0.482 e. The van der Waals surface area contributed by atoms with Crippen LogP contribution in [0.2, 0.25) is 0 Å². The van der Waals surface area contributed by atoms with Gasteiger partial charge in [-0.2, -0.15) is 0 Å². The van der Waals surface area contributed by atoms with E-state index in [0.717, 1.165) is 5.69 Å². The first-order valence-corrected chi connectivity index (χ1v) is 5.51. The van der Waals surface area contributed by atoms with E-state index < -0.39 is 5.97 Å². The zero-order chi connectivity index (χ0) is 10.6. The van der Waals surface area contributed by atoms with Gasteiger partial charge in [0.1, 0.15) is 9.49 Å². The summed E-state index contributed by atoms with van der Waals surface area (Å²) in [6, 6.07) is 3.27. The number of aromatic nitrogens is 1. The smallest absolute Gasteiger partial charge is 0.341 e. The third-order valence-electron chi connectivity index (χ3n) is 1.34. The second kappa shape index (κ2) is 5.31. The standard InChI is InChI=1S/C8H7Br2NO3/c9-8(10)6-3-5(1-2-11-6)14-4-7(12)13/h1-3,8H,4H2,(H,12,13). The molecule has 76 valence electrons. The van der Waals surface area contributed by atoms with E-state index >= 15 is 0 Å². The lowest BCUT2D eigenvalue weighted by atomic mass is 10.3. The summed E-state index contributed by atoms with van der Waals surface area (Å²) in [7, 11) is 0. The number of carboxylic acid groups (broad SMARTS) is 1. The molecule has 1 N–H and O–H groups in total. The lowest BCUT2D eigenvalue weighted by Gasteiger charge is -2.05. The molecule has 0 amide bonds. The first kappa shape index (κ1) is 11.5. The highest BCUT2D eigenvalue weighted by molar-refractivity contribution is 9.24. The predicted octanol–water partition coefficient (Wildman–Crippen LogP) is 2.33. The van der Waals surface area contributed by atoms with Crippen molar-refractivity contribution < 1.29 is 14.6 Å². The molecular formula is C8H7Br2NO3. The molecule has 4 nitrogen and oxygen atoms in total. The molecule has 0 bridgehead atoms. The highest BCUT2D eigenvalue weighted by Crippen LogP contribution is 2.29. The van der Waals surface area contributed by atoms with Crippen molar-refractivity contribution in [2.24, 2.45) is 0 Å². The van der Waals surface area contributed by atoms with Gasteiger partial charge in [0.2, 0.25) is 0 Å². The number of pyridine rings is 1. The van der Waals surface area contributed by atoms with Crippen molar-refractivity contribution in [3.8, 4) is 5.75 Å². The quantitative estimate of drug-likeness (QED) is 0.864. The third-order valence-corrected chi connectivity index (χ3v) is 2.28. The summed E-state index contributed by atoms with van der Waals surface area (Å²) in [6.45, 7) is -0.349. The van der Waals surface area contributed by atoms with Crippen molar-refractivity contribution in [2.45, 2.75) is 3.74 Å². The van der Waals surface area contributed by atoms with E-state index in [0.29, 0.717) is 5.75 Å². The van der Waals surface area contributed by atoms with Crippen LogP contribution < -0.4 is 4.74 Å². The molecule has 0 saturated carbocycles. The number of ether oxygens (including phenoxy) is 1. The Kier molecular flexibility index (Phi) is 4.34. The summed E-state index contributed by atoms with van der Waals surface area (Å²) in [5.41, 5.74) is 0.730. The number of halogens is 2. The molecular weight excluding hydrogens is 318 g/mol. The van der Waals surface area contributed by atoms with E-state index in [9.17, 15) is 4.79 Å². The maximum Gasteiger partial charge on any atom is 0.341 e. The van der Waals surface area contributed by atoms with Gasteiger partial charge >= 0.3 is 5.97 Å². The van der Waals surface area contributed by atoms with Gasteiger partial charge in [0.25, 0.3) is 0 Å². The van der Waals surface area contributed by atoms with Crippen LogP contribution in [0.1, 0.15) is 9.43 Å². The number of carboxylic acids is 1. The molecule has 1 heterocycles. The van der Waals surface area contributed by atoms with Crippen molar-refractivity contribution in [2.75, 3.05) is 6.61 Å². The van der Waals surface area contributed by atoms with Gasteiger partial charge in [0.05, 0.1) is 5.69 Å². The number of nitrogens with zero attached hydrogens (tertiary/aromatic N) is 1. The van der Waals surface area contributed by atoms with Crippen LogP contribution in [-0.2, 0) is 4.79 Å². The first-order valence-electron chi connectivity index (χ1n) is 3.68. The van der Waals surface area contributed by atoms with E-state index in [-0.39, 0.29) is 10.3 Å². The average molecular weight is 325 g/mol. The zero-order valence-electron chi connectivity index (χ0n) is 6.98. The molecule has 0 aliphatic rings. The molecule has 0 unspecified atom stereocenters. The third kappa shape index (κ3) is 3.63. The van der Waals surface area contributed by atoms with Gasteiger partial charge in [-0.3, -0.25) is 4.98 Å². The summed E-state index contributed by atoms with van der Waals surface area (Å²) in [4.78, 5) is 14.3. The van der Waals surface area contributed by atoms with E-state index in [2.05, 4.69) is 36.8 Å². The number of hydrogen-bond donors (Lipinski definition) is 1. The van der Waals surface area contributed by atoms with E-state index in [1.54, 1.807) is 18.3 Å². The Bertz CT molecular complexity index is 330. The Morgan fingerprint density at radius 3 is 2.93 bits per heavy atom. The van der Waals surface area contributed by atoms with E-state index in [1.807, 2.05) is 0 Å². The molecule has 0 saturated heterocycles. The maximum atomic E-state index is 10.2. The fourth-order valence-corrected chi connectivity index (χ4v) is 1.28. The second-order valence-corrected chi connectivity index (χ2v) is 5.46. The largest absolute Gasteiger partial charge is 0.482 e. The van der Waals surface area contributed by atoms with Gasteiger partial charge in [-0.15, -0.1) is 0 Å². The summed E-state index contributed by atoms with van der Waals surface area (Å²) >= 11 is 6.56. The van der Waals surface area contributed by atoms with Gasteiger partial charge in [-0.05, 0) is 6.07 Å². The zero-order valence-corrected chi connectivity index (χ0v) is 10.2. The molecule has 0 aliphatic carbocycles. The summed E-state index contributed by atoms with van der Waals surface area (Å²) in [5, 5.41) is 8.39. The highest BCUT2D eigenvalue weighted by Gasteiger charge is 2.06. The van der Waals surface area contributed by atoms with Crippen LogP contribution in [0.4, 0.5) is 0 Å². The second-order valence-electron chi connectivity index (χ2n) is 2.40. The molecule has 1 rings (SSSR count). The summed E-state index contributed by atoms with van der Waals surface area (Å²) in [6.07, 6.45) is 1.56. The first-order chi connectivity index (χ1) is 6.59. The molecule has 0 atom stereocenters. The minimum atomic E-state index is -1.00. The number of rotatable bonds is 4. The van der Waals surface area contributed by atoms with Crippen LogP contribution in [0.5, 0.6) is 5.75 Å². The Hall–Kier alpha value is -0.620. The number of hydrogen-bond acceptors (Lipinski definition) is 3. The molecule has 0 fully saturated rings. The van der Waals surface area contributed by atoms with Crippen molar-refractivity contribution in [1.29, 1.82) is 0 Å². The topological polar surface area (TPSA) is 59.4 Å². The lowest BCUT2D eigenvalue weighted by Crippen LogP contribution is -2.09. The lowest BCUT2D eigenvalue weighted by molar-refractivity contribution is -0.139. The fourth-order valence-electron chi connectivity index (χ4n) is 0.782. The molecule has 14 heavy (non-hydrogen) atoms. The van der Waals surface area contributed by atoms with Gasteiger partial charge in [-0.25, -0.2) is 4.79 Å². The van der Waals surface area contributed by atoms with Crippen molar-refractivity contribution in [1.82, 2.24) is 4.98 Å². The number of alkyl halides is 2. The van der Waals surface area contributed by atoms with Crippen LogP contribution in [0.15, 0.2) is 18.3 Å². The van der Waals surface area contributed by atoms with Gasteiger partial charge in [0.15, 0.2) is 6.61 Å². The van der Waals surface area contributed by atoms with Crippen LogP contribution in [0, 0.1) is 0 Å². The Morgan fingerprint density at radius 2 is 2.36 bits per heavy atom. The monoisotopic (exact) mass is 323 g/mol. The normalized spacial score (nSPS) is 10.2. The van der Waals surface area contributed by atoms with Crippen LogP contribution >= 0.6 is 31.9 Å². The van der Waals surface area contributed by atoms with E-state index in [1.165, 1.54) is 0 Å². The molecule has 6 heteroatoms. The molecule has 0 radical (unpaired) electrons. The van der Waals surface area contributed by atoms with Gasteiger partial charge in [0, 0.05) is 12.3 Å². The van der Waals surface area contributed by atoms with E-state index in [4.69, 9.17) is 9.84 Å². The van der Waals surface area contributed by atoms with Crippen molar-refractivity contribution >= 4 is 37.8 Å².